The zero-order valence-electron chi connectivity index (χ0n) is 10.5. The Kier molecular flexibility index (Phi) is 3.31. The summed E-state index contributed by atoms with van der Waals surface area (Å²) in [7, 11) is -1.46. The third-order valence-electron chi connectivity index (χ3n) is 4.53. The first-order valence-electron chi connectivity index (χ1n) is 6.82. The van der Waals surface area contributed by atoms with Crippen LogP contribution in [0.4, 0.5) is 0 Å². The molecule has 0 heterocycles. The van der Waals surface area contributed by atoms with Crippen LogP contribution < -0.4 is 10.2 Å². The quantitative estimate of drug-likeness (QED) is 0.784. The Balaban J connectivity index is 1.63. The van der Waals surface area contributed by atoms with Gasteiger partial charge in [0.15, 0.2) is 0 Å². The highest BCUT2D eigenvalue weighted by atomic mass is 16.5. The van der Waals surface area contributed by atoms with Crippen molar-refractivity contribution in [3.63, 3.8) is 0 Å². The van der Waals surface area contributed by atoms with Gasteiger partial charge in [-0.2, -0.15) is 0 Å². The molecular weight excluding hydrogens is 227 g/mol. The second kappa shape index (κ2) is 4.94. The van der Waals surface area contributed by atoms with Gasteiger partial charge >= 0.3 is 7.12 Å². The molecule has 0 spiro atoms. The molecule has 18 heavy (non-hydrogen) atoms. The minimum Gasteiger partial charge on any atom is -0.494 e. The van der Waals surface area contributed by atoms with E-state index in [0.29, 0.717) is 23.7 Å². The highest BCUT2D eigenvalue weighted by Gasteiger charge is 2.39. The largest absolute Gasteiger partial charge is 0.494 e. The van der Waals surface area contributed by atoms with Gasteiger partial charge in [-0.25, -0.2) is 0 Å². The predicted molar refractivity (Wildman–Crippen MR) is 70.7 cm³/mol. The fourth-order valence-electron chi connectivity index (χ4n) is 3.60. The molecule has 4 heteroatoms. The van der Waals surface area contributed by atoms with Crippen molar-refractivity contribution in [2.24, 2.45) is 17.8 Å². The summed E-state index contributed by atoms with van der Waals surface area (Å²) in [6, 6.07) is 7.16. The third-order valence-corrected chi connectivity index (χ3v) is 4.53. The lowest BCUT2D eigenvalue weighted by Crippen LogP contribution is -2.32. The number of hydrogen-bond acceptors (Lipinski definition) is 3. The Hall–Kier alpha value is -0.995. The molecule has 3 unspecified atom stereocenters. The monoisotopic (exact) mass is 246 g/mol. The SMILES string of the molecule is OB(O)c1ccccc1OCC1CC2CCC1C2. The molecule has 0 aliphatic heterocycles. The Morgan fingerprint density at radius 3 is 2.67 bits per heavy atom. The van der Waals surface area contributed by atoms with Crippen LogP contribution in [-0.4, -0.2) is 23.8 Å². The van der Waals surface area contributed by atoms with Crippen molar-refractivity contribution in [3.05, 3.63) is 24.3 Å². The number of rotatable bonds is 4. The Morgan fingerprint density at radius 2 is 2.00 bits per heavy atom. The Bertz CT molecular complexity index is 421. The standard InChI is InChI=1S/C14H19BO3/c16-15(17)13-3-1-2-4-14(13)18-9-12-8-10-5-6-11(12)7-10/h1-4,10-12,16-17H,5-9H2. The molecule has 3 rings (SSSR count). The lowest BCUT2D eigenvalue weighted by atomic mass is 9.79. The maximum Gasteiger partial charge on any atom is 0.492 e. The lowest BCUT2D eigenvalue weighted by Gasteiger charge is -2.22. The number of benzene rings is 1. The van der Waals surface area contributed by atoms with Crippen molar-refractivity contribution in [2.45, 2.75) is 25.7 Å². The maximum absolute atomic E-state index is 9.28. The third kappa shape index (κ3) is 2.27. The molecule has 96 valence electrons. The molecule has 2 fully saturated rings. The molecule has 0 aromatic heterocycles. The van der Waals surface area contributed by atoms with Gasteiger partial charge in [0, 0.05) is 5.46 Å². The molecule has 0 saturated heterocycles. The minimum absolute atomic E-state index is 0.459. The van der Waals surface area contributed by atoms with E-state index in [-0.39, 0.29) is 0 Å². The van der Waals surface area contributed by atoms with Crippen LogP contribution >= 0.6 is 0 Å². The highest BCUT2D eigenvalue weighted by molar-refractivity contribution is 6.59. The van der Waals surface area contributed by atoms with Crippen molar-refractivity contribution < 1.29 is 14.8 Å². The van der Waals surface area contributed by atoms with Crippen LogP contribution in [0.2, 0.25) is 0 Å². The van der Waals surface area contributed by atoms with E-state index in [1.807, 2.05) is 12.1 Å². The lowest BCUT2D eigenvalue weighted by molar-refractivity contribution is 0.196. The van der Waals surface area contributed by atoms with Gasteiger partial charge in [-0.15, -0.1) is 0 Å². The van der Waals surface area contributed by atoms with Crippen LogP contribution in [0, 0.1) is 17.8 Å². The van der Waals surface area contributed by atoms with Crippen LogP contribution in [0.5, 0.6) is 5.75 Å². The van der Waals surface area contributed by atoms with E-state index in [0.717, 1.165) is 11.8 Å². The van der Waals surface area contributed by atoms with Crippen molar-refractivity contribution in [1.82, 2.24) is 0 Å². The van der Waals surface area contributed by atoms with Gasteiger partial charge in [0.25, 0.3) is 0 Å². The molecule has 2 saturated carbocycles. The fourth-order valence-corrected chi connectivity index (χ4v) is 3.60. The summed E-state index contributed by atoms with van der Waals surface area (Å²) in [6.45, 7) is 0.713. The smallest absolute Gasteiger partial charge is 0.492 e. The van der Waals surface area contributed by atoms with Crippen molar-refractivity contribution in [2.75, 3.05) is 6.61 Å². The second-order valence-electron chi connectivity index (χ2n) is 5.66. The first-order chi connectivity index (χ1) is 8.74. The van der Waals surface area contributed by atoms with E-state index < -0.39 is 7.12 Å². The summed E-state index contributed by atoms with van der Waals surface area (Å²) in [5, 5.41) is 18.6. The first-order valence-corrected chi connectivity index (χ1v) is 6.82. The van der Waals surface area contributed by atoms with Crippen molar-refractivity contribution >= 4 is 12.6 Å². The first kappa shape index (κ1) is 12.1. The van der Waals surface area contributed by atoms with Gasteiger partial charge in [-0.1, -0.05) is 24.6 Å². The topological polar surface area (TPSA) is 49.7 Å². The van der Waals surface area contributed by atoms with Gasteiger partial charge in [-0.05, 0) is 43.1 Å². The summed E-state index contributed by atoms with van der Waals surface area (Å²) >= 11 is 0. The normalized spacial score (nSPS) is 29.6. The van der Waals surface area contributed by atoms with Crippen LogP contribution in [0.1, 0.15) is 25.7 Å². The van der Waals surface area contributed by atoms with Gasteiger partial charge in [0.1, 0.15) is 5.75 Å². The summed E-state index contributed by atoms with van der Waals surface area (Å²) in [6.07, 6.45) is 5.41. The van der Waals surface area contributed by atoms with Crippen LogP contribution in [0.15, 0.2) is 24.3 Å². The molecule has 1 aromatic rings. The minimum atomic E-state index is -1.46. The van der Waals surface area contributed by atoms with E-state index in [1.54, 1.807) is 12.1 Å². The van der Waals surface area contributed by atoms with E-state index in [9.17, 15) is 10.0 Å². The molecule has 3 atom stereocenters. The molecule has 3 nitrogen and oxygen atoms in total. The maximum atomic E-state index is 9.28. The summed E-state index contributed by atoms with van der Waals surface area (Å²) < 4.78 is 5.82. The summed E-state index contributed by atoms with van der Waals surface area (Å²) in [5.41, 5.74) is 0.459. The van der Waals surface area contributed by atoms with Gasteiger partial charge in [0.05, 0.1) is 6.61 Å². The molecule has 2 aliphatic rings. The Labute approximate surface area is 108 Å². The van der Waals surface area contributed by atoms with E-state index in [4.69, 9.17) is 4.74 Å². The van der Waals surface area contributed by atoms with Crippen molar-refractivity contribution in [3.8, 4) is 5.75 Å². The molecule has 2 bridgehead atoms. The van der Waals surface area contributed by atoms with Gasteiger partial charge in [-0.3, -0.25) is 0 Å². The predicted octanol–water partition coefficient (Wildman–Crippen LogP) is 1.18. The summed E-state index contributed by atoms with van der Waals surface area (Å²) in [5.74, 6) is 3.02. The number of fused-ring (bicyclic) bond motifs is 2. The van der Waals surface area contributed by atoms with E-state index >= 15 is 0 Å². The van der Waals surface area contributed by atoms with Crippen LogP contribution in [-0.2, 0) is 0 Å². The van der Waals surface area contributed by atoms with Crippen LogP contribution in [0.3, 0.4) is 0 Å². The second-order valence-corrected chi connectivity index (χ2v) is 5.66. The van der Waals surface area contributed by atoms with Crippen molar-refractivity contribution in [1.29, 1.82) is 0 Å². The number of para-hydroxylation sites is 1. The molecule has 0 amide bonds. The zero-order valence-corrected chi connectivity index (χ0v) is 10.5. The number of hydrogen-bond donors (Lipinski definition) is 2. The van der Waals surface area contributed by atoms with Gasteiger partial charge < -0.3 is 14.8 Å². The van der Waals surface area contributed by atoms with E-state index in [1.165, 1.54) is 25.7 Å². The average Bonchev–Trinajstić information content (AvgIpc) is 2.98. The van der Waals surface area contributed by atoms with Gasteiger partial charge in [0.2, 0.25) is 0 Å². The average molecular weight is 246 g/mol. The fraction of sp³-hybridized carbons (Fsp3) is 0.571. The van der Waals surface area contributed by atoms with Crippen LogP contribution in [0.25, 0.3) is 0 Å². The molecule has 0 radical (unpaired) electrons. The highest BCUT2D eigenvalue weighted by Crippen LogP contribution is 2.48. The summed E-state index contributed by atoms with van der Waals surface area (Å²) in [4.78, 5) is 0. The number of ether oxygens (including phenoxy) is 1. The van der Waals surface area contributed by atoms with E-state index in [2.05, 4.69) is 0 Å². The molecule has 1 aromatic carbocycles. The Morgan fingerprint density at radius 1 is 1.17 bits per heavy atom. The molecule has 2 N–H and O–H groups in total. The zero-order chi connectivity index (χ0) is 12.5. The molecular formula is C14H19BO3. The molecule has 2 aliphatic carbocycles.